The number of carbonyl (C=O) groups is 1. The second-order valence-electron chi connectivity index (χ2n) is 7.60. The highest BCUT2D eigenvalue weighted by atomic mass is 35.5. The molecule has 1 atom stereocenters. The molecule has 7 heteroatoms. The summed E-state index contributed by atoms with van der Waals surface area (Å²) in [6, 6.07) is 22.4. The van der Waals surface area contributed by atoms with Gasteiger partial charge in [0.2, 0.25) is 5.95 Å². The van der Waals surface area contributed by atoms with E-state index in [2.05, 4.69) is 15.2 Å². The van der Waals surface area contributed by atoms with E-state index in [1.807, 2.05) is 61.5 Å². The van der Waals surface area contributed by atoms with Gasteiger partial charge in [0.05, 0.1) is 29.8 Å². The summed E-state index contributed by atoms with van der Waals surface area (Å²) in [5.41, 5.74) is 4.73. The van der Waals surface area contributed by atoms with Crippen molar-refractivity contribution in [2.24, 2.45) is 0 Å². The summed E-state index contributed by atoms with van der Waals surface area (Å²) >= 11 is 6.11. The van der Waals surface area contributed by atoms with Crippen LogP contribution in [0.1, 0.15) is 18.5 Å². The molecule has 2 heterocycles. The van der Waals surface area contributed by atoms with E-state index in [4.69, 9.17) is 21.3 Å². The maximum Gasteiger partial charge on any atom is 0.255 e. The molecule has 2 N–H and O–H groups in total. The molecule has 4 aromatic rings. The summed E-state index contributed by atoms with van der Waals surface area (Å²) in [6.07, 6.45) is 0. The van der Waals surface area contributed by atoms with E-state index >= 15 is 0 Å². The minimum atomic E-state index is -0.372. The molecule has 1 aliphatic rings. The third-order valence-corrected chi connectivity index (χ3v) is 5.82. The average Bonchev–Trinajstić information content (AvgIpc) is 3.16. The molecule has 0 spiro atoms. The average molecular weight is 445 g/mol. The zero-order valence-electron chi connectivity index (χ0n) is 17.6. The number of carbonyl (C=O) groups excluding carboxylic acids is 1. The number of nitrogens with zero attached hydrogens (tertiary/aromatic N) is 2. The first-order valence-electron chi connectivity index (χ1n) is 10.2. The van der Waals surface area contributed by atoms with E-state index in [9.17, 15) is 4.79 Å². The number of benzene rings is 3. The Morgan fingerprint density at radius 1 is 1.09 bits per heavy atom. The number of hydrogen-bond donors (Lipinski definition) is 2. The first-order chi connectivity index (χ1) is 15.5. The zero-order valence-corrected chi connectivity index (χ0v) is 18.4. The van der Waals surface area contributed by atoms with Crippen molar-refractivity contribution in [3.63, 3.8) is 0 Å². The molecular weight excluding hydrogens is 424 g/mol. The SMILES string of the molecule is COc1ccc(C2C(C(=O)Nc3cccc(Cl)c3)=C(C)Nc3nc4ccccc4n32)cc1. The normalized spacial score (nSPS) is 15.3. The van der Waals surface area contributed by atoms with Gasteiger partial charge in [-0.25, -0.2) is 4.98 Å². The first kappa shape index (κ1) is 20.2. The molecule has 1 aromatic heterocycles. The van der Waals surface area contributed by atoms with Crippen LogP contribution in [0, 0.1) is 0 Å². The Kier molecular flexibility index (Phi) is 5.07. The van der Waals surface area contributed by atoms with Gasteiger partial charge in [-0.1, -0.05) is 41.9 Å². The lowest BCUT2D eigenvalue weighted by molar-refractivity contribution is -0.113. The molecule has 0 aliphatic carbocycles. The number of aromatic nitrogens is 2. The number of anilines is 2. The summed E-state index contributed by atoms with van der Waals surface area (Å²) in [4.78, 5) is 18.3. The van der Waals surface area contributed by atoms with Gasteiger partial charge in [-0.2, -0.15) is 0 Å². The molecular formula is C25H21ClN4O2. The number of fused-ring (bicyclic) bond motifs is 3. The van der Waals surface area contributed by atoms with Crippen molar-refractivity contribution in [1.29, 1.82) is 0 Å². The Labute approximate surface area is 190 Å². The molecule has 6 nitrogen and oxygen atoms in total. The van der Waals surface area contributed by atoms with Crippen LogP contribution in [0.4, 0.5) is 11.6 Å². The van der Waals surface area contributed by atoms with Crippen LogP contribution in [0.3, 0.4) is 0 Å². The monoisotopic (exact) mass is 444 g/mol. The summed E-state index contributed by atoms with van der Waals surface area (Å²) in [6.45, 7) is 1.90. The molecule has 0 bridgehead atoms. The molecule has 5 rings (SSSR count). The van der Waals surface area contributed by atoms with Crippen LogP contribution in [0.25, 0.3) is 11.0 Å². The maximum absolute atomic E-state index is 13.6. The number of allylic oxidation sites excluding steroid dienone is 1. The van der Waals surface area contributed by atoms with Gasteiger partial charge in [-0.3, -0.25) is 9.36 Å². The first-order valence-corrected chi connectivity index (χ1v) is 10.6. The van der Waals surface area contributed by atoms with Crippen molar-refractivity contribution >= 4 is 40.2 Å². The Bertz CT molecular complexity index is 1360. The van der Waals surface area contributed by atoms with E-state index < -0.39 is 0 Å². The summed E-state index contributed by atoms with van der Waals surface area (Å²) in [5.74, 6) is 1.24. The van der Waals surface area contributed by atoms with Gasteiger partial charge in [-0.15, -0.1) is 0 Å². The maximum atomic E-state index is 13.6. The fraction of sp³-hybridized carbons (Fsp3) is 0.120. The Morgan fingerprint density at radius 3 is 2.62 bits per heavy atom. The van der Waals surface area contributed by atoms with Crippen LogP contribution >= 0.6 is 11.6 Å². The lowest BCUT2D eigenvalue weighted by Crippen LogP contribution is -2.30. The van der Waals surface area contributed by atoms with Gasteiger partial charge in [-0.05, 0) is 55.0 Å². The van der Waals surface area contributed by atoms with Crippen LogP contribution in [0.5, 0.6) is 5.75 Å². The van der Waals surface area contributed by atoms with E-state index in [1.165, 1.54) is 0 Å². The Hall–Kier alpha value is -3.77. The van der Waals surface area contributed by atoms with Crippen molar-refractivity contribution in [2.75, 3.05) is 17.7 Å². The molecule has 3 aromatic carbocycles. The van der Waals surface area contributed by atoms with E-state index in [-0.39, 0.29) is 11.9 Å². The third kappa shape index (κ3) is 3.48. The number of halogens is 1. The number of methoxy groups -OCH3 is 1. The third-order valence-electron chi connectivity index (χ3n) is 5.59. The number of ether oxygens (including phenoxy) is 1. The second kappa shape index (κ2) is 8.05. The predicted octanol–water partition coefficient (Wildman–Crippen LogP) is 5.63. The highest BCUT2D eigenvalue weighted by Gasteiger charge is 2.34. The summed E-state index contributed by atoms with van der Waals surface area (Å²) in [5, 5.41) is 6.88. The number of hydrogen-bond acceptors (Lipinski definition) is 4. The fourth-order valence-electron chi connectivity index (χ4n) is 4.12. The van der Waals surface area contributed by atoms with Crippen LogP contribution in [-0.4, -0.2) is 22.6 Å². The van der Waals surface area contributed by atoms with Gasteiger partial charge in [0.25, 0.3) is 5.91 Å². The fourth-order valence-corrected chi connectivity index (χ4v) is 4.31. The zero-order chi connectivity index (χ0) is 22.2. The Balaban J connectivity index is 1.65. The second-order valence-corrected chi connectivity index (χ2v) is 8.03. The van der Waals surface area contributed by atoms with Crippen molar-refractivity contribution in [1.82, 2.24) is 9.55 Å². The van der Waals surface area contributed by atoms with Gasteiger partial charge < -0.3 is 15.4 Å². The van der Waals surface area contributed by atoms with E-state index in [0.29, 0.717) is 22.2 Å². The minimum Gasteiger partial charge on any atom is -0.497 e. The van der Waals surface area contributed by atoms with Crippen LogP contribution in [-0.2, 0) is 4.79 Å². The van der Waals surface area contributed by atoms with Gasteiger partial charge in [0.15, 0.2) is 0 Å². The molecule has 0 saturated carbocycles. The standard InChI is InChI=1S/C25H21ClN4O2/c1-15-22(24(31)28-18-7-5-6-17(26)14-18)23(16-10-12-19(32-2)13-11-16)30-21-9-4-3-8-20(21)29-25(30)27-15/h3-14,23H,1-2H3,(H,27,29)(H,28,31). The lowest BCUT2D eigenvalue weighted by Gasteiger charge is -2.30. The summed E-state index contributed by atoms with van der Waals surface area (Å²) < 4.78 is 7.40. The molecule has 1 aliphatic heterocycles. The molecule has 1 amide bonds. The minimum absolute atomic E-state index is 0.207. The molecule has 0 saturated heterocycles. The number of imidazole rings is 1. The number of para-hydroxylation sites is 2. The number of rotatable bonds is 4. The largest absolute Gasteiger partial charge is 0.497 e. The van der Waals surface area contributed by atoms with E-state index in [0.717, 1.165) is 28.0 Å². The molecule has 1 unspecified atom stereocenters. The van der Waals surface area contributed by atoms with Gasteiger partial charge in [0, 0.05) is 16.4 Å². The van der Waals surface area contributed by atoms with E-state index in [1.54, 1.807) is 25.3 Å². The van der Waals surface area contributed by atoms with Gasteiger partial charge in [0.1, 0.15) is 5.75 Å². The highest BCUT2D eigenvalue weighted by molar-refractivity contribution is 6.31. The van der Waals surface area contributed by atoms with Crippen molar-refractivity contribution in [3.05, 3.63) is 94.7 Å². The van der Waals surface area contributed by atoms with Gasteiger partial charge >= 0.3 is 0 Å². The topological polar surface area (TPSA) is 68.2 Å². The Morgan fingerprint density at radius 2 is 1.88 bits per heavy atom. The van der Waals surface area contributed by atoms with Crippen LogP contribution in [0.15, 0.2) is 84.1 Å². The molecule has 32 heavy (non-hydrogen) atoms. The number of nitrogens with one attached hydrogen (secondary N) is 2. The molecule has 0 fully saturated rings. The van der Waals surface area contributed by atoms with Crippen molar-refractivity contribution in [2.45, 2.75) is 13.0 Å². The van der Waals surface area contributed by atoms with Crippen molar-refractivity contribution < 1.29 is 9.53 Å². The predicted molar refractivity (Wildman–Crippen MR) is 127 cm³/mol. The highest BCUT2D eigenvalue weighted by Crippen LogP contribution is 2.39. The molecule has 160 valence electrons. The smallest absolute Gasteiger partial charge is 0.255 e. The lowest BCUT2D eigenvalue weighted by atomic mass is 9.94. The van der Waals surface area contributed by atoms with Crippen molar-refractivity contribution in [3.8, 4) is 5.75 Å². The quantitative estimate of drug-likeness (QED) is 0.428. The molecule has 0 radical (unpaired) electrons. The van der Waals surface area contributed by atoms with Crippen LogP contribution in [0.2, 0.25) is 5.02 Å². The number of amides is 1. The summed E-state index contributed by atoms with van der Waals surface area (Å²) in [7, 11) is 1.63. The van der Waals surface area contributed by atoms with Crippen LogP contribution < -0.4 is 15.4 Å².